The molecule has 1 fully saturated rings. The van der Waals surface area contributed by atoms with Crippen molar-refractivity contribution in [3.8, 4) is 5.75 Å². The smallest absolute Gasteiger partial charge is 0.272 e. The molecule has 3 heterocycles. The number of carbonyl (C=O) groups excluding carboxylic acids is 2. The number of carbonyl (C=O) groups is 2. The zero-order valence-electron chi connectivity index (χ0n) is 17.7. The lowest BCUT2D eigenvalue weighted by molar-refractivity contribution is 0.0779. The number of ether oxygens (including phenoxy) is 1. The summed E-state index contributed by atoms with van der Waals surface area (Å²) >= 11 is 0. The Kier molecular flexibility index (Phi) is 5.66. The molecule has 0 bridgehead atoms. The summed E-state index contributed by atoms with van der Waals surface area (Å²) in [6.07, 6.45) is 3.95. The van der Waals surface area contributed by atoms with Gasteiger partial charge in [0.25, 0.3) is 11.8 Å². The van der Waals surface area contributed by atoms with Gasteiger partial charge >= 0.3 is 0 Å². The Labute approximate surface area is 180 Å². The van der Waals surface area contributed by atoms with Gasteiger partial charge in [0.05, 0.1) is 18.4 Å². The minimum Gasteiger partial charge on any atom is -0.497 e. The first kappa shape index (κ1) is 20.5. The number of hydrogen-bond acceptors (Lipinski definition) is 6. The number of benzene rings is 1. The zero-order valence-corrected chi connectivity index (χ0v) is 17.7. The van der Waals surface area contributed by atoms with E-state index in [1.165, 1.54) is 0 Å². The van der Waals surface area contributed by atoms with Crippen LogP contribution in [0, 0.1) is 6.92 Å². The molecule has 1 aliphatic heterocycles. The molecule has 9 nitrogen and oxygen atoms in total. The molecule has 1 N–H and O–H groups in total. The van der Waals surface area contributed by atoms with Crippen molar-refractivity contribution in [2.75, 3.05) is 25.5 Å². The Morgan fingerprint density at radius 1 is 1.19 bits per heavy atom. The summed E-state index contributed by atoms with van der Waals surface area (Å²) in [7, 11) is 3.34. The topological polar surface area (TPSA) is 102 Å². The van der Waals surface area contributed by atoms with E-state index in [-0.39, 0.29) is 17.7 Å². The molecule has 1 saturated heterocycles. The van der Waals surface area contributed by atoms with Gasteiger partial charge in [-0.25, -0.2) is 9.97 Å². The SMILES string of the molecule is COc1ccc(NC(=O)c2cnc(C3CCN(C(=O)c4ccnn4C)C3)nc2C)cc1. The van der Waals surface area contributed by atoms with Crippen LogP contribution >= 0.6 is 0 Å². The molecule has 3 aromatic rings. The Balaban J connectivity index is 1.43. The summed E-state index contributed by atoms with van der Waals surface area (Å²) in [4.78, 5) is 36.1. The minimum atomic E-state index is -0.270. The first-order valence-corrected chi connectivity index (χ1v) is 10.0. The predicted molar refractivity (Wildman–Crippen MR) is 114 cm³/mol. The van der Waals surface area contributed by atoms with Crippen LogP contribution in [0.3, 0.4) is 0 Å². The van der Waals surface area contributed by atoms with E-state index in [1.54, 1.807) is 73.4 Å². The molecular formula is C22H24N6O3. The van der Waals surface area contributed by atoms with Crippen molar-refractivity contribution in [2.24, 2.45) is 7.05 Å². The van der Waals surface area contributed by atoms with Gasteiger partial charge in [0, 0.05) is 44.1 Å². The third-order valence-corrected chi connectivity index (χ3v) is 5.47. The molecule has 0 spiro atoms. The second-order valence-corrected chi connectivity index (χ2v) is 7.49. The Morgan fingerprint density at radius 2 is 1.97 bits per heavy atom. The highest BCUT2D eigenvalue weighted by Gasteiger charge is 2.31. The highest BCUT2D eigenvalue weighted by atomic mass is 16.5. The van der Waals surface area contributed by atoms with E-state index >= 15 is 0 Å². The second-order valence-electron chi connectivity index (χ2n) is 7.49. The molecule has 2 amide bonds. The number of aromatic nitrogens is 4. The largest absolute Gasteiger partial charge is 0.497 e. The minimum absolute atomic E-state index is 0.0366. The van der Waals surface area contributed by atoms with E-state index in [9.17, 15) is 9.59 Å². The summed E-state index contributed by atoms with van der Waals surface area (Å²) in [5, 5.41) is 6.91. The van der Waals surface area contributed by atoms with Crippen LogP contribution < -0.4 is 10.1 Å². The third kappa shape index (κ3) is 4.25. The van der Waals surface area contributed by atoms with Gasteiger partial charge in [-0.1, -0.05) is 0 Å². The molecule has 0 aliphatic carbocycles. The summed E-state index contributed by atoms with van der Waals surface area (Å²) in [6, 6.07) is 8.81. The molecule has 1 aromatic carbocycles. The Bertz CT molecular complexity index is 1110. The second kappa shape index (κ2) is 8.55. The fourth-order valence-electron chi connectivity index (χ4n) is 3.68. The molecule has 9 heteroatoms. The molecule has 4 rings (SSSR count). The van der Waals surface area contributed by atoms with Crippen molar-refractivity contribution >= 4 is 17.5 Å². The first-order chi connectivity index (χ1) is 15.0. The van der Waals surface area contributed by atoms with Gasteiger partial charge in [0.1, 0.15) is 17.3 Å². The maximum absolute atomic E-state index is 12.7. The standard InChI is InChI=1S/C22H24N6O3/c1-14-18(21(29)26-16-4-6-17(31-3)7-5-16)12-23-20(25-14)15-9-11-28(13-15)22(30)19-8-10-24-27(19)2/h4-8,10,12,15H,9,11,13H2,1-3H3,(H,26,29). The van der Waals surface area contributed by atoms with Gasteiger partial charge in [-0.3, -0.25) is 14.3 Å². The number of rotatable bonds is 5. The summed E-state index contributed by atoms with van der Waals surface area (Å²) in [5.41, 5.74) is 2.24. The van der Waals surface area contributed by atoms with Crippen LogP contribution in [0.4, 0.5) is 5.69 Å². The normalized spacial score (nSPS) is 15.7. The average Bonchev–Trinajstić information content (AvgIpc) is 3.43. The lowest BCUT2D eigenvalue weighted by atomic mass is 10.1. The highest BCUT2D eigenvalue weighted by Crippen LogP contribution is 2.26. The van der Waals surface area contributed by atoms with Crippen LogP contribution in [0.25, 0.3) is 0 Å². The van der Waals surface area contributed by atoms with E-state index in [1.807, 2.05) is 0 Å². The van der Waals surface area contributed by atoms with Crippen LogP contribution in [-0.4, -0.2) is 56.7 Å². The molecule has 1 unspecified atom stereocenters. The molecule has 1 atom stereocenters. The summed E-state index contributed by atoms with van der Waals surface area (Å²) in [6.45, 7) is 2.97. The van der Waals surface area contributed by atoms with Crippen molar-refractivity contribution in [1.29, 1.82) is 0 Å². The third-order valence-electron chi connectivity index (χ3n) is 5.47. The van der Waals surface area contributed by atoms with Gasteiger partial charge in [0.2, 0.25) is 0 Å². The Morgan fingerprint density at radius 3 is 2.61 bits per heavy atom. The predicted octanol–water partition coefficient (Wildman–Crippen LogP) is 2.41. The molecule has 0 saturated carbocycles. The van der Waals surface area contributed by atoms with E-state index < -0.39 is 0 Å². The fourth-order valence-corrected chi connectivity index (χ4v) is 3.68. The van der Waals surface area contributed by atoms with E-state index in [0.29, 0.717) is 47.3 Å². The number of amides is 2. The van der Waals surface area contributed by atoms with Gasteiger partial charge in [-0.05, 0) is 43.7 Å². The number of likely N-dealkylation sites (tertiary alicyclic amines) is 1. The van der Waals surface area contributed by atoms with Crippen molar-refractivity contribution < 1.29 is 14.3 Å². The van der Waals surface area contributed by atoms with E-state index in [0.717, 1.165) is 6.42 Å². The maximum atomic E-state index is 12.7. The van der Waals surface area contributed by atoms with Crippen molar-refractivity contribution in [3.05, 3.63) is 65.5 Å². The average molecular weight is 420 g/mol. The van der Waals surface area contributed by atoms with Gasteiger partial charge < -0.3 is 15.0 Å². The van der Waals surface area contributed by atoms with E-state index in [4.69, 9.17) is 4.74 Å². The molecule has 160 valence electrons. The number of aryl methyl sites for hydroxylation is 2. The van der Waals surface area contributed by atoms with Crippen molar-refractivity contribution in [1.82, 2.24) is 24.6 Å². The number of hydrogen-bond donors (Lipinski definition) is 1. The summed E-state index contributed by atoms with van der Waals surface area (Å²) < 4.78 is 6.70. The lowest BCUT2D eigenvalue weighted by Gasteiger charge is -2.16. The quantitative estimate of drug-likeness (QED) is 0.680. The van der Waals surface area contributed by atoms with Crippen LogP contribution in [0.15, 0.2) is 42.7 Å². The van der Waals surface area contributed by atoms with Gasteiger partial charge in [-0.15, -0.1) is 0 Å². The zero-order chi connectivity index (χ0) is 22.0. The van der Waals surface area contributed by atoms with Crippen molar-refractivity contribution in [2.45, 2.75) is 19.3 Å². The molecular weight excluding hydrogens is 396 g/mol. The number of anilines is 1. The fraction of sp³-hybridized carbons (Fsp3) is 0.318. The van der Waals surface area contributed by atoms with Gasteiger partial charge in [-0.2, -0.15) is 5.10 Å². The Hall–Kier alpha value is -3.75. The highest BCUT2D eigenvalue weighted by molar-refractivity contribution is 6.04. The van der Waals surface area contributed by atoms with E-state index in [2.05, 4.69) is 20.4 Å². The van der Waals surface area contributed by atoms with Crippen LogP contribution in [0.2, 0.25) is 0 Å². The lowest BCUT2D eigenvalue weighted by Crippen LogP contribution is -2.30. The summed E-state index contributed by atoms with van der Waals surface area (Å²) in [5.74, 6) is 1.09. The molecule has 1 aliphatic rings. The first-order valence-electron chi connectivity index (χ1n) is 10.0. The number of nitrogens with zero attached hydrogens (tertiary/aromatic N) is 5. The van der Waals surface area contributed by atoms with Crippen LogP contribution in [0.5, 0.6) is 5.75 Å². The maximum Gasteiger partial charge on any atom is 0.272 e. The van der Waals surface area contributed by atoms with Crippen LogP contribution in [0.1, 0.15) is 44.7 Å². The van der Waals surface area contributed by atoms with Crippen LogP contribution in [-0.2, 0) is 7.05 Å². The van der Waals surface area contributed by atoms with Gasteiger partial charge in [0.15, 0.2) is 0 Å². The monoisotopic (exact) mass is 420 g/mol. The number of methoxy groups -OCH3 is 1. The number of nitrogens with one attached hydrogen (secondary N) is 1. The molecule has 31 heavy (non-hydrogen) atoms. The van der Waals surface area contributed by atoms with Crippen molar-refractivity contribution in [3.63, 3.8) is 0 Å². The molecule has 0 radical (unpaired) electrons. The molecule has 2 aromatic heterocycles.